The summed E-state index contributed by atoms with van der Waals surface area (Å²) in [6.07, 6.45) is 9.13. The highest BCUT2D eigenvalue weighted by molar-refractivity contribution is 6.31. The lowest BCUT2D eigenvalue weighted by Crippen LogP contribution is -2.22. The molecule has 1 nitrogen and oxygen atoms in total. The molecule has 1 aromatic rings. The molecule has 0 radical (unpaired) electrons. The lowest BCUT2D eigenvalue weighted by Gasteiger charge is -2.19. The highest BCUT2D eigenvalue weighted by Crippen LogP contribution is 2.28. The zero-order valence-electron chi connectivity index (χ0n) is 13.1. The van der Waals surface area contributed by atoms with Crippen molar-refractivity contribution in [3.05, 3.63) is 34.9 Å². The van der Waals surface area contributed by atoms with Crippen molar-refractivity contribution in [2.24, 2.45) is 0 Å². The lowest BCUT2D eigenvalue weighted by atomic mass is 9.92. The molecule has 0 aliphatic rings. The fraction of sp³-hybridized carbons (Fsp3) is 0.667. The van der Waals surface area contributed by atoms with Gasteiger partial charge in [-0.3, -0.25) is 0 Å². The first kappa shape index (κ1) is 17.5. The zero-order chi connectivity index (χ0) is 14.6. The minimum atomic E-state index is 0.553. The topological polar surface area (TPSA) is 12.0 Å². The van der Waals surface area contributed by atoms with E-state index in [0.29, 0.717) is 5.92 Å². The van der Waals surface area contributed by atoms with Gasteiger partial charge < -0.3 is 5.32 Å². The summed E-state index contributed by atoms with van der Waals surface area (Å²) >= 11 is 6.37. The smallest absolute Gasteiger partial charge is 0.0441 e. The van der Waals surface area contributed by atoms with Crippen molar-refractivity contribution in [3.63, 3.8) is 0 Å². The Labute approximate surface area is 130 Å². The molecular formula is C18H30ClN. The van der Waals surface area contributed by atoms with Crippen LogP contribution in [-0.2, 0) is 0 Å². The van der Waals surface area contributed by atoms with Gasteiger partial charge in [-0.2, -0.15) is 0 Å². The van der Waals surface area contributed by atoms with Crippen LogP contribution in [0.4, 0.5) is 0 Å². The standard InChI is InChI=1S/C18H30ClN/c1-3-5-6-7-8-11-16(15-20-14-4-2)17-12-9-10-13-18(17)19/h9-10,12-13,16,20H,3-8,11,14-15H2,1-2H3. The second kappa shape index (κ2) is 11.2. The second-order valence-corrected chi connectivity index (χ2v) is 6.03. The van der Waals surface area contributed by atoms with E-state index in [1.807, 2.05) is 12.1 Å². The SMILES string of the molecule is CCCCCCCC(CNCCC)c1ccccc1Cl. The van der Waals surface area contributed by atoms with Gasteiger partial charge in [-0.15, -0.1) is 0 Å². The monoisotopic (exact) mass is 295 g/mol. The van der Waals surface area contributed by atoms with Crippen molar-refractivity contribution in [3.8, 4) is 0 Å². The fourth-order valence-corrected chi connectivity index (χ4v) is 2.91. The number of rotatable bonds is 11. The molecule has 20 heavy (non-hydrogen) atoms. The molecule has 0 aliphatic carbocycles. The largest absolute Gasteiger partial charge is 0.316 e. The number of hydrogen-bond acceptors (Lipinski definition) is 1. The van der Waals surface area contributed by atoms with E-state index in [0.717, 1.165) is 18.1 Å². The fourth-order valence-electron chi connectivity index (χ4n) is 2.62. The van der Waals surface area contributed by atoms with Gasteiger partial charge in [0.25, 0.3) is 0 Å². The van der Waals surface area contributed by atoms with Crippen LogP contribution in [0.5, 0.6) is 0 Å². The molecule has 0 fully saturated rings. The van der Waals surface area contributed by atoms with Crippen molar-refractivity contribution in [1.82, 2.24) is 5.32 Å². The minimum Gasteiger partial charge on any atom is -0.316 e. The van der Waals surface area contributed by atoms with Crippen molar-refractivity contribution in [1.29, 1.82) is 0 Å². The van der Waals surface area contributed by atoms with E-state index in [1.165, 1.54) is 50.5 Å². The van der Waals surface area contributed by atoms with Crippen molar-refractivity contribution >= 4 is 11.6 Å². The normalized spacial score (nSPS) is 12.6. The van der Waals surface area contributed by atoms with Crippen LogP contribution in [0.15, 0.2) is 24.3 Å². The predicted molar refractivity (Wildman–Crippen MR) is 90.7 cm³/mol. The van der Waals surface area contributed by atoms with Gasteiger partial charge in [0.05, 0.1) is 0 Å². The number of hydrogen-bond donors (Lipinski definition) is 1. The summed E-state index contributed by atoms with van der Waals surface area (Å²) in [6, 6.07) is 8.32. The Hall–Kier alpha value is -0.530. The molecule has 0 heterocycles. The summed E-state index contributed by atoms with van der Waals surface area (Å²) in [5, 5.41) is 4.47. The maximum atomic E-state index is 6.37. The van der Waals surface area contributed by atoms with Crippen LogP contribution < -0.4 is 5.32 Å². The molecule has 0 aromatic heterocycles. The molecule has 0 amide bonds. The molecule has 114 valence electrons. The van der Waals surface area contributed by atoms with E-state index in [-0.39, 0.29) is 0 Å². The van der Waals surface area contributed by atoms with Crippen LogP contribution >= 0.6 is 11.6 Å². The van der Waals surface area contributed by atoms with Gasteiger partial charge >= 0.3 is 0 Å². The van der Waals surface area contributed by atoms with Gasteiger partial charge in [0.1, 0.15) is 0 Å². The summed E-state index contributed by atoms with van der Waals surface area (Å²) in [7, 11) is 0. The van der Waals surface area contributed by atoms with E-state index >= 15 is 0 Å². The molecule has 0 spiro atoms. The Bertz CT molecular complexity index is 351. The minimum absolute atomic E-state index is 0.553. The predicted octanol–water partition coefficient (Wildman–Crippen LogP) is 5.78. The van der Waals surface area contributed by atoms with Crippen molar-refractivity contribution in [2.75, 3.05) is 13.1 Å². The number of nitrogens with one attached hydrogen (secondary N) is 1. The first-order valence-electron chi connectivity index (χ1n) is 8.24. The first-order valence-corrected chi connectivity index (χ1v) is 8.62. The van der Waals surface area contributed by atoms with E-state index in [1.54, 1.807) is 0 Å². The molecule has 1 atom stereocenters. The molecule has 0 saturated carbocycles. The molecule has 2 heteroatoms. The first-order chi connectivity index (χ1) is 9.79. The Morgan fingerprint density at radius 1 is 1.00 bits per heavy atom. The van der Waals surface area contributed by atoms with Crippen LogP contribution in [0.1, 0.15) is 70.3 Å². The Morgan fingerprint density at radius 3 is 2.45 bits per heavy atom. The van der Waals surface area contributed by atoms with Crippen LogP contribution in [0, 0.1) is 0 Å². The van der Waals surface area contributed by atoms with Crippen LogP contribution in [-0.4, -0.2) is 13.1 Å². The number of unbranched alkanes of at least 4 members (excludes halogenated alkanes) is 4. The van der Waals surface area contributed by atoms with Crippen LogP contribution in [0.2, 0.25) is 5.02 Å². The second-order valence-electron chi connectivity index (χ2n) is 5.63. The molecule has 1 aromatic carbocycles. The lowest BCUT2D eigenvalue weighted by molar-refractivity contribution is 0.509. The Kier molecular flexibility index (Phi) is 9.78. The third-order valence-corrected chi connectivity index (χ3v) is 4.16. The van der Waals surface area contributed by atoms with E-state index in [2.05, 4.69) is 31.3 Å². The summed E-state index contributed by atoms with van der Waals surface area (Å²) in [5.41, 5.74) is 1.31. The van der Waals surface area contributed by atoms with Gasteiger partial charge in [0.2, 0.25) is 0 Å². The maximum absolute atomic E-state index is 6.37. The third kappa shape index (κ3) is 6.76. The molecule has 1 rings (SSSR count). The molecule has 0 bridgehead atoms. The van der Waals surface area contributed by atoms with Gasteiger partial charge in [-0.1, -0.05) is 75.8 Å². The van der Waals surface area contributed by atoms with E-state index in [4.69, 9.17) is 11.6 Å². The summed E-state index contributed by atoms with van der Waals surface area (Å²) in [4.78, 5) is 0. The molecule has 1 N–H and O–H groups in total. The van der Waals surface area contributed by atoms with Gasteiger partial charge in [0, 0.05) is 11.6 Å². The maximum Gasteiger partial charge on any atom is 0.0441 e. The van der Waals surface area contributed by atoms with E-state index in [9.17, 15) is 0 Å². The molecular weight excluding hydrogens is 266 g/mol. The average Bonchev–Trinajstić information content (AvgIpc) is 2.46. The van der Waals surface area contributed by atoms with Gasteiger partial charge in [-0.25, -0.2) is 0 Å². The quantitative estimate of drug-likeness (QED) is 0.510. The van der Waals surface area contributed by atoms with Crippen LogP contribution in [0.25, 0.3) is 0 Å². The zero-order valence-corrected chi connectivity index (χ0v) is 13.9. The Balaban J connectivity index is 2.49. The van der Waals surface area contributed by atoms with Crippen molar-refractivity contribution in [2.45, 2.75) is 64.7 Å². The highest BCUT2D eigenvalue weighted by atomic mass is 35.5. The van der Waals surface area contributed by atoms with Gasteiger partial charge in [0.15, 0.2) is 0 Å². The Morgan fingerprint density at radius 2 is 1.75 bits per heavy atom. The summed E-state index contributed by atoms with van der Waals surface area (Å²) in [5.74, 6) is 0.553. The molecule has 1 unspecified atom stereocenters. The average molecular weight is 296 g/mol. The van der Waals surface area contributed by atoms with E-state index < -0.39 is 0 Å². The van der Waals surface area contributed by atoms with Crippen LogP contribution in [0.3, 0.4) is 0 Å². The number of benzene rings is 1. The molecule has 0 saturated heterocycles. The summed E-state index contributed by atoms with van der Waals surface area (Å²) in [6.45, 7) is 6.62. The van der Waals surface area contributed by atoms with Crippen molar-refractivity contribution < 1.29 is 0 Å². The third-order valence-electron chi connectivity index (χ3n) is 3.82. The highest BCUT2D eigenvalue weighted by Gasteiger charge is 2.13. The molecule has 0 aliphatic heterocycles. The number of halogens is 1. The van der Waals surface area contributed by atoms with Gasteiger partial charge in [-0.05, 0) is 36.9 Å². The summed E-state index contributed by atoms with van der Waals surface area (Å²) < 4.78 is 0.